The molecule has 1 aliphatic rings. The number of rotatable bonds is 6. The predicted octanol–water partition coefficient (Wildman–Crippen LogP) is 5.86. The smallest absolute Gasteiger partial charge is 0.410 e. The summed E-state index contributed by atoms with van der Waals surface area (Å²) in [4.78, 5) is 28.1. The van der Waals surface area contributed by atoms with E-state index in [0.29, 0.717) is 41.9 Å². The molecule has 0 spiro atoms. The highest BCUT2D eigenvalue weighted by Crippen LogP contribution is 2.35. The van der Waals surface area contributed by atoms with E-state index in [1.54, 1.807) is 40.1 Å². The molecule has 1 saturated heterocycles. The summed E-state index contributed by atoms with van der Waals surface area (Å²) in [6, 6.07) is 17.8. The van der Waals surface area contributed by atoms with Gasteiger partial charge in [0.05, 0.1) is 11.7 Å². The van der Waals surface area contributed by atoms with Gasteiger partial charge in [-0.25, -0.2) is 19.2 Å². The monoisotopic (exact) mass is 558 g/mol. The molecule has 1 atom stereocenters. The summed E-state index contributed by atoms with van der Waals surface area (Å²) in [6.07, 6.45) is 3.59. The Labute approximate surface area is 239 Å². The number of hydrogen-bond donors (Lipinski definition) is 2. The Morgan fingerprint density at radius 3 is 2.39 bits per heavy atom. The number of aromatic nitrogens is 4. The topological polar surface area (TPSA) is 105 Å². The number of piperidine rings is 1. The lowest BCUT2D eigenvalue weighted by Crippen LogP contribution is -2.47. The van der Waals surface area contributed by atoms with Crippen molar-refractivity contribution >= 4 is 12.0 Å². The van der Waals surface area contributed by atoms with Crippen molar-refractivity contribution in [2.75, 3.05) is 18.4 Å². The minimum Gasteiger partial charge on any atom is -0.444 e. The normalized spacial score (nSPS) is 15.8. The van der Waals surface area contributed by atoms with Crippen molar-refractivity contribution in [3.05, 3.63) is 90.1 Å². The summed E-state index contributed by atoms with van der Waals surface area (Å²) in [5.74, 6) is 1.12. The van der Waals surface area contributed by atoms with E-state index >= 15 is 0 Å². The predicted molar refractivity (Wildman–Crippen MR) is 154 cm³/mol. The molecule has 3 heterocycles. The van der Waals surface area contributed by atoms with Crippen LogP contribution in [0.15, 0.2) is 73.1 Å². The highest BCUT2D eigenvalue weighted by atomic mass is 19.1. The minimum atomic E-state index is -1.27. The second kappa shape index (κ2) is 11.3. The lowest BCUT2D eigenvalue weighted by Gasteiger charge is -2.37. The van der Waals surface area contributed by atoms with E-state index in [1.165, 1.54) is 12.1 Å². The molecule has 9 nitrogen and oxygen atoms in total. The number of nitrogens with one attached hydrogen (secondary N) is 1. The van der Waals surface area contributed by atoms with E-state index in [1.807, 2.05) is 58.0 Å². The summed E-state index contributed by atoms with van der Waals surface area (Å²) in [7, 11) is 0. The molecular formula is C31H35FN6O3. The van der Waals surface area contributed by atoms with Gasteiger partial charge in [0.25, 0.3) is 0 Å². The SMILES string of the molecule is C[C@H](Nc1nccc(-n2cc(C3(O)CCN(C(=O)OC(C)(C)C)CC3)nc2-c2ccc(F)cc2)n1)c1ccccc1. The van der Waals surface area contributed by atoms with Crippen molar-refractivity contribution in [1.29, 1.82) is 0 Å². The molecule has 1 amide bonds. The number of aliphatic hydroxyl groups is 1. The third-order valence-electron chi connectivity index (χ3n) is 7.06. The number of nitrogens with zero attached hydrogens (tertiary/aromatic N) is 5. The zero-order chi connectivity index (χ0) is 29.2. The lowest BCUT2D eigenvalue weighted by molar-refractivity contribution is -0.0379. The van der Waals surface area contributed by atoms with E-state index in [0.717, 1.165) is 5.56 Å². The van der Waals surface area contributed by atoms with Crippen LogP contribution in [-0.2, 0) is 10.3 Å². The van der Waals surface area contributed by atoms with Crippen LogP contribution >= 0.6 is 0 Å². The first-order chi connectivity index (χ1) is 19.5. The van der Waals surface area contributed by atoms with E-state index in [-0.39, 0.29) is 24.7 Å². The largest absolute Gasteiger partial charge is 0.444 e. The Morgan fingerprint density at radius 1 is 1.05 bits per heavy atom. The molecule has 10 heteroatoms. The lowest BCUT2D eigenvalue weighted by atomic mass is 9.89. The van der Waals surface area contributed by atoms with Gasteiger partial charge in [-0.3, -0.25) is 4.57 Å². The first-order valence-corrected chi connectivity index (χ1v) is 13.7. The number of carbonyl (C=O) groups excluding carboxylic acids is 1. The third kappa shape index (κ3) is 6.54. The zero-order valence-corrected chi connectivity index (χ0v) is 23.7. The van der Waals surface area contributed by atoms with E-state index < -0.39 is 17.3 Å². The standard InChI is InChI=1S/C31H35FN6O3/c1-21(22-8-6-5-7-9-22)34-28-33-17-14-26(36-28)38-20-25(35-27(38)23-10-12-24(32)13-11-23)31(40)15-18-37(19-16-31)29(39)41-30(2,3)4/h5-14,17,20-21,40H,15-16,18-19H2,1-4H3,(H,33,34,36)/t21-/m0/s1. The van der Waals surface area contributed by atoms with Crippen molar-refractivity contribution in [3.8, 4) is 17.2 Å². The first kappa shape index (κ1) is 28.2. The number of ether oxygens (including phenoxy) is 1. The molecule has 2 aromatic heterocycles. The molecule has 0 saturated carbocycles. The van der Waals surface area contributed by atoms with Gasteiger partial charge in [0.2, 0.25) is 5.95 Å². The van der Waals surface area contributed by atoms with Gasteiger partial charge in [-0.2, -0.15) is 4.98 Å². The average molecular weight is 559 g/mol. The second-order valence-electron chi connectivity index (χ2n) is 11.3. The van der Waals surface area contributed by atoms with Crippen LogP contribution in [0.3, 0.4) is 0 Å². The maximum atomic E-state index is 13.8. The van der Waals surface area contributed by atoms with Gasteiger partial charge in [0, 0.05) is 31.0 Å². The Morgan fingerprint density at radius 2 is 1.73 bits per heavy atom. The number of amides is 1. The number of hydrogen-bond acceptors (Lipinski definition) is 7. The molecule has 0 bridgehead atoms. The Kier molecular flexibility index (Phi) is 7.77. The molecule has 1 aliphatic heterocycles. The summed E-state index contributed by atoms with van der Waals surface area (Å²) >= 11 is 0. The number of imidazole rings is 1. The van der Waals surface area contributed by atoms with Gasteiger partial charge in [-0.1, -0.05) is 30.3 Å². The second-order valence-corrected chi connectivity index (χ2v) is 11.3. The van der Waals surface area contributed by atoms with E-state index in [2.05, 4.69) is 10.3 Å². The fourth-order valence-electron chi connectivity index (χ4n) is 4.80. The van der Waals surface area contributed by atoms with Gasteiger partial charge >= 0.3 is 6.09 Å². The van der Waals surface area contributed by atoms with Crippen molar-refractivity contribution < 1.29 is 19.0 Å². The number of benzene rings is 2. The molecule has 2 aromatic carbocycles. The van der Waals surface area contributed by atoms with Crippen LogP contribution < -0.4 is 5.32 Å². The molecule has 41 heavy (non-hydrogen) atoms. The van der Waals surface area contributed by atoms with Crippen molar-refractivity contribution in [3.63, 3.8) is 0 Å². The van der Waals surface area contributed by atoms with E-state index in [4.69, 9.17) is 14.7 Å². The van der Waals surface area contributed by atoms with Gasteiger partial charge in [-0.05, 0) is 76.4 Å². The van der Waals surface area contributed by atoms with Crippen LogP contribution in [0.4, 0.5) is 15.1 Å². The molecule has 0 radical (unpaired) electrons. The molecule has 5 rings (SSSR count). The maximum Gasteiger partial charge on any atom is 0.410 e. The van der Waals surface area contributed by atoms with Gasteiger partial charge in [0.1, 0.15) is 28.7 Å². The van der Waals surface area contributed by atoms with Gasteiger partial charge < -0.3 is 20.1 Å². The molecule has 214 valence electrons. The van der Waals surface area contributed by atoms with Crippen LogP contribution in [0.1, 0.15) is 57.8 Å². The Balaban J connectivity index is 1.44. The molecule has 2 N–H and O–H groups in total. The van der Waals surface area contributed by atoms with Crippen LogP contribution in [0, 0.1) is 5.82 Å². The van der Waals surface area contributed by atoms with Gasteiger partial charge in [0.15, 0.2) is 0 Å². The minimum absolute atomic E-state index is 0.0303. The number of halogens is 1. The van der Waals surface area contributed by atoms with Crippen LogP contribution in [0.5, 0.6) is 0 Å². The molecule has 4 aromatic rings. The fraction of sp³-hybridized carbons (Fsp3) is 0.355. The van der Waals surface area contributed by atoms with Crippen molar-refractivity contribution in [1.82, 2.24) is 24.4 Å². The summed E-state index contributed by atoms with van der Waals surface area (Å²) < 4.78 is 21.0. The molecule has 0 unspecified atom stereocenters. The quantitative estimate of drug-likeness (QED) is 0.305. The Bertz CT molecular complexity index is 1490. The number of anilines is 1. The van der Waals surface area contributed by atoms with Crippen molar-refractivity contribution in [2.24, 2.45) is 0 Å². The molecule has 0 aliphatic carbocycles. The summed E-state index contributed by atoms with van der Waals surface area (Å²) in [6.45, 7) is 8.15. The van der Waals surface area contributed by atoms with Crippen LogP contribution in [-0.4, -0.2) is 54.3 Å². The average Bonchev–Trinajstić information content (AvgIpc) is 3.40. The maximum absolute atomic E-state index is 13.8. The zero-order valence-electron chi connectivity index (χ0n) is 23.7. The Hall–Kier alpha value is -4.31. The summed E-state index contributed by atoms with van der Waals surface area (Å²) in [5, 5.41) is 15.0. The number of carbonyl (C=O) groups is 1. The fourth-order valence-corrected chi connectivity index (χ4v) is 4.80. The van der Waals surface area contributed by atoms with E-state index in [9.17, 15) is 14.3 Å². The van der Waals surface area contributed by atoms with Gasteiger partial charge in [-0.15, -0.1) is 0 Å². The molecule has 1 fully saturated rings. The highest BCUT2D eigenvalue weighted by Gasteiger charge is 2.39. The van der Waals surface area contributed by atoms with Crippen LogP contribution in [0.25, 0.3) is 17.2 Å². The number of likely N-dealkylation sites (tertiary alicyclic amines) is 1. The first-order valence-electron chi connectivity index (χ1n) is 13.7. The summed E-state index contributed by atoms with van der Waals surface area (Å²) in [5.41, 5.74) is 0.342. The van der Waals surface area contributed by atoms with Crippen LogP contribution in [0.2, 0.25) is 0 Å². The highest BCUT2D eigenvalue weighted by molar-refractivity contribution is 5.68. The third-order valence-corrected chi connectivity index (χ3v) is 7.06. The van der Waals surface area contributed by atoms with Crippen molar-refractivity contribution in [2.45, 2.75) is 57.8 Å². The molecular weight excluding hydrogens is 523 g/mol.